The minimum Gasteiger partial charge on any atom is -0.346 e. The maximum atomic E-state index is 12.8. The predicted octanol–water partition coefficient (Wildman–Crippen LogP) is 3.60. The second-order valence-corrected chi connectivity index (χ2v) is 7.63. The van der Waals surface area contributed by atoms with E-state index in [1.54, 1.807) is 6.92 Å². The normalized spacial score (nSPS) is 13.3. The Kier molecular flexibility index (Phi) is 5.22. The number of carbonyl (C=O) groups is 1. The molecule has 1 unspecified atom stereocenters. The first-order valence-electron chi connectivity index (χ1n) is 7.26. The minimum absolute atomic E-state index is 0.00753. The number of rotatable bonds is 4. The molecule has 0 bridgehead atoms. The van der Waals surface area contributed by atoms with Crippen LogP contribution in [0.25, 0.3) is 0 Å². The van der Waals surface area contributed by atoms with E-state index in [4.69, 9.17) is 0 Å². The zero-order valence-corrected chi connectivity index (χ0v) is 14.3. The molecule has 2 aromatic carbocycles. The van der Waals surface area contributed by atoms with Gasteiger partial charge in [-0.1, -0.05) is 18.2 Å². The van der Waals surface area contributed by atoms with E-state index in [0.717, 1.165) is 18.4 Å². The van der Waals surface area contributed by atoms with Crippen molar-refractivity contribution < 1.29 is 26.4 Å². The van der Waals surface area contributed by atoms with E-state index in [0.29, 0.717) is 5.56 Å². The van der Waals surface area contributed by atoms with E-state index in [1.807, 2.05) is 0 Å². The third-order valence-electron chi connectivity index (χ3n) is 3.59. The van der Waals surface area contributed by atoms with Crippen molar-refractivity contribution in [2.45, 2.75) is 24.0 Å². The summed E-state index contributed by atoms with van der Waals surface area (Å²) in [6.07, 6.45) is -3.45. The summed E-state index contributed by atoms with van der Waals surface area (Å²) in [7, 11) is -3.47. The van der Waals surface area contributed by atoms with E-state index >= 15 is 0 Å². The molecule has 0 saturated carbocycles. The van der Waals surface area contributed by atoms with Crippen molar-refractivity contribution >= 4 is 15.7 Å². The summed E-state index contributed by atoms with van der Waals surface area (Å²) in [5.41, 5.74) is -0.394. The lowest BCUT2D eigenvalue weighted by Crippen LogP contribution is -2.27. The Labute approximate surface area is 143 Å². The van der Waals surface area contributed by atoms with Gasteiger partial charge in [0, 0.05) is 11.8 Å². The second kappa shape index (κ2) is 6.87. The average Bonchev–Trinajstić information content (AvgIpc) is 2.53. The molecule has 4 nitrogen and oxygen atoms in total. The maximum Gasteiger partial charge on any atom is 0.416 e. The second-order valence-electron chi connectivity index (χ2n) is 5.62. The molecule has 0 aromatic heterocycles. The molecule has 2 rings (SSSR count). The number of hydrogen-bond donors (Lipinski definition) is 1. The molecule has 1 N–H and O–H groups in total. The van der Waals surface area contributed by atoms with Crippen molar-refractivity contribution in [2.75, 3.05) is 6.26 Å². The van der Waals surface area contributed by atoms with Crippen LogP contribution in [0.5, 0.6) is 0 Å². The maximum absolute atomic E-state index is 12.8. The number of halogens is 3. The molecule has 0 aliphatic carbocycles. The van der Waals surface area contributed by atoms with E-state index in [2.05, 4.69) is 5.32 Å². The highest BCUT2D eigenvalue weighted by molar-refractivity contribution is 7.90. The van der Waals surface area contributed by atoms with Crippen LogP contribution in [0.3, 0.4) is 0 Å². The van der Waals surface area contributed by atoms with Crippen LogP contribution < -0.4 is 5.32 Å². The van der Waals surface area contributed by atoms with Gasteiger partial charge in [-0.2, -0.15) is 13.2 Å². The minimum atomic E-state index is -4.47. The lowest BCUT2D eigenvalue weighted by molar-refractivity contribution is -0.137. The van der Waals surface area contributed by atoms with Gasteiger partial charge in [-0.25, -0.2) is 8.42 Å². The molecule has 0 radical (unpaired) electrons. The van der Waals surface area contributed by atoms with Crippen LogP contribution in [0.2, 0.25) is 0 Å². The van der Waals surface area contributed by atoms with Crippen LogP contribution in [-0.2, 0) is 16.0 Å². The Morgan fingerprint density at radius 3 is 2.32 bits per heavy atom. The van der Waals surface area contributed by atoms with Gasteiger partial charge in [0.25, 0.3) is 5.91 Å². The number of benzene rings is 2. The van der Waals surface area contributed by atoms with Crippen molar-refractivity contribution in [3.8, 4) is 0 Å². The van der Waals surface area contributed by atoms with Crippen LogP contribution in [0, 0.1) is 0 Å². The third-order valence-corrected chi connectivity index (χ3v) is 4.70. The predicted molar refractivity (Wildman–Crippen MR) is 86.9 cm³/mol. The number of carbonyl (C=O) groups excluding carboxylic acids is 1. The first-order chi connectivity index (χ1) is 11.5. The van der Waals surface area contributed by atoms with Gasteiger partial charge < -0.3 is 5.32 Å². The largest absolute Gasteiger partial charge is 0.416 e. The molecule has 8 heteroatoms. The zero-order chi connectivity index (χ0) is 18.8. The molecular weight excluding hydrogens is 355 g/mol. The van der Waals surface area contributed by atoms with Gasteiger partial charge in [0.1, 0.15) is 0 Å². The fourth-order valence-electron chi connectivity index (χ4n) is 2.22. The quantitative estimate of drug-likeness (QED) is 0.893. The average molecular weight is 371 g/mol. The molecule has 1 amide bonds. The van der Waals surface area contributed by atoms with Gasteiger partial charge >= 0.3 is 6.18 Å². The number of nitrogens with one attached hydrogen (secondary N) is 1. The number of sulfone groups is 1. The summed E-state index contributed by atoms with van der Waals surface area (Å²) < 4.78 is 61.4. The highest BCUT2D eigenvalue weighted by atomic mass is 32.2. The fraction of sp³-hybridized carbons (Fsp3) is 0.235. The van der Waals surface area contributed by atoms with Gasteiger partial charge in [0.2, 0.25) is 0 Å². The molecular formula is C17H16F3NO3S. The summed E-state index contributed by atoms with van der Waals surface area (Å²) in [4.78, 5) is 12.3. The number of amides is 1. The first-order valence-corrected chi connectivity index (χ1v) is 9.16. The van der Waals surface area contributed by atoms with Gasteiger partial charge in [0.15, 0.2) is 9.84 Å². The van der Waals surface area contributed by atoms with Gasteiger partial charge in [-0.05, 0) is 42.8 Å². The Morgan fingerprint density at radius 1 is 1.08 bits per heavy atom. The molecule has 25 heavy (non-hydrogen) atoms. The third kappa shape index (κ3) is 4.82. The number of hydrogen-bond acceptors (Lipinski definition) is 3. The zero-order valence-electron chi connectivity index (χ0n) is 13.5. The van der Waals surface area contributed by atoms with Gasteiger partial charge in [-0.15, -0.1) is 0 Å². The molecule has 1 atom stereocenters. The monoisotopic (exact) mass is 371 g/mol. The highest BCUT2D eigenvalue weighted by Crippen LogP contribution is 2.30. The Balaban J connectivity index is 2.21. The molecule has 134 valence electrons. The summed E-state index contributed by atoms with van der Waals surface area (Å²) in [5.74, 6) is -0.574. The van der Waals surface area contributed by atoms with Crippen LogP contribution in [0.1, 0.15) is 34.5 Å². The van der Waals surface area contributed by atoms with Gasteiger partial charge in [0.05, 0.1) is 16.5 Å². The van der Waals surface area contributed by atoms with E-state index in [1.165, 1.54) is 36.4 Å². The van der Waals surface area contributed by atoms with Gasteiger partial charge in [-0.3, -0.25) is 4.79 Å². The van der Waals surface area contributed by atoms with Crippen LogP contribution in [0.4, 0.5) is 13.2 Å². The first kappa shape index (κ1) is 19.0. The molecule has 0 fully saturated rings. The van der Waals surface area contributed by atoms with E-state index in [-0.39, 0.29) is 10.5 Å². The summed E-state index contributed by atoms with van der Waals surface area (Å²) in [6.45, 7) is 1.55. The molecule has 0 spiro atoms. The van der Waals surface area contributed by atoms with Crippen molar-refractivity contribution in [3.05, 3.63) is 65.2 Å². The van der Waals surface area contributed by atoms with Crippen molar-refractivity contribution in [3.63, 3.8) is 0 Å². The molecule has 0 aliphatic heterocycles. The Hall–Kier alpha value is -2.35. The Morgan fingerprint density at radius 2 is 1.72 bits per heavy atom. The lowest BCUT2D eigenvalue weighted by Gasteiger charge is -2.16. The van der Waals surface area contributed by atoms with Crippen molar-refractivity contribution in [2.24, 2.45) is 0 Å². The van der Waals surface area contributed by atoms with Crippen LogP contribution >= 0.6 is 0 Å². The Bertz CT molecular complexity index is 892. The molecule has 0 heterocycles. The van der Waals surface area contributed by atoms with E-state index < -0.39 is 33.5 Å². The lowest BCUT2D eigenvalue weighted by atomic mass is 10.0. The molecule has 0 aliphatic rings. The van der Waals surface area contributed by atoms with E-state index in [9.17, 15) is 26.4 Å². The van der Waals surface area contributed by atoms with Crippen LogP contribution in [-0.4, -0.2) is 20.6 Å². The van der Waals surface area contributed by atoms with Crippen molar-refractivity contribution in [1.82, 2.24) is 5.32 Å². The SMILES string of the molecule is CC(NC(=O)c1cccc(S(C)(=O)=O)c1)c1cccc(C(F)(F)F)c1. The molecule has 2 aromatic rings. The topological polar surface area (TPSA) is 63.2 Å². The van der Waals surface area contributed by atoms with Crippen LogP contribution in [0.15, 0.2) is 53.4 Å². The molecule has 0 saturated heterocycles. The fourth-order valence-corrected chi connectivity index (χ4v) is 2.88. The number of alkyl halides is 3. The summed E-state index contributed by atoms with van der Waals surface area (Å²) in [5, 5.41) is 2.57. The summed E-state index contributed by atoms with van der Waals surface area (Å²) in [6, 6.07) is 9.44. The smallest absolute Gasteiger partial charge is 0.346 e. The van der Waals surface area contributed by atoms with Crippen molar-refractivity contribution in [1.29, 1.82) is 0 Å². The standard InChI is InChI=1S/C17H16F3NO3S/c1-11(12-5-3-7-14(9-12)17(18,19)20)21-16(22)13-6-4-8-15(10-13)25(2,23)24/h3-11H,1-2H3,(H,21,22). The summed E-state index contributed by atoms with van der Waals surface area (Å²) >= 11 is 0. The highest BCUT2D eigenvalue weighted by Gasteiger charge is 2.30.